The minimum absolute atomic E-state index is 0.0870. The number of fused-ring (bicyclic) bond motifs is 1. The van der Waals surface area contributed by atoms with E-state index in [9.17, 15) is 4.79 Å². The first-order chi connectivity index (χ1) is 12.2. The maximum Gasteiger partial charge on any atom is 0.314 e. The molecule has 0 aliphatic carbocycles. The number of hydrogen-bond donors (Lipinski definition) is 2. The molecule has 136 valence electrons. The summed E-state index contributed by atoms with van der Waals surface area (Å²) in [6.45, 7) is 7.13. The van der Waals surface area contributed by atoms with Crippen molar-refractivity contribution >= 4 is 11.7 Å². The summed E-state index contributed by atoms with van der Waals surface area (Å²) in [4.78, 5) is 18.9. The number of pyridine rings is 1. The lowest BCUT2D eigenvalue weighted by Gasteiger charge is -2.30. The normalized spacial score (nSPS) is 16.2. The Bertz CT molecular complexity index is 642. The summed E-state index contributed by atoms with van der Waals surface area (Å²) in [6.07, 6.45) is 8.34. The molecule has 3 heterocycles. The van der Waals surface area contributed by atoms with Crippen LogP contribution >= 0.6 is 0 Å². The smallest absolute Gasteiger partial charge is 0.314 e. The zero-order valence-corrected chi connectivity index (χ0v) is 15.1. The number of amides is 2. The van der Waals surface area contributed by atoms with Crippen LogP contribution in [0.15, 0.2) is 30.6 Å². The number of imidazole rings is 1. The highest BCUT2D eigenvalue weighted by Crippen LogP contribution is 2.15. The largest absolute Gasteiger partial charge is 0.338 e. The number of likely N-dealkylation sites (tertiary alicyclic amines) is 1. The molecule has 0 aromatic carbocycles. The van der Waals surface area contributed by atoms with Gasteiger partial charge in [-0.1, -0.05) is 13.0 Å². The molecular formula is C19H29N5O. The number of piperidine rings is 1. The van der Waals surface area contributed by atoms with Crippen molar-refractivity contribution in [1.29, 1.82) is 0 Å². The molecular weight excluding hydrogens is 314 g/mol. The number of hydrogen-bond acceptors (Lipinski definition) is 3. The Morgan fingerprint density at radius 2 is 2.04 bits per heavy atom. The second-order valence-corrected chi connectivity index (χ2v) is 7.01. The number of carbonyl (C=O) groups is 1. The molecule has 1 fully saturated rings. The third-order valence-electron chi connectivity index (χ3n) is 4.89. The van der Waals surface area contributed by atoms with E-state index in [2.05, 4.69) is 27.4 Å². The average molecular weight is 343 g/mol. The van der Waals surface area contributed by atoms with Crippen LogP contribution in [0.1, 0.15) is 31.9 Å². The third kappa shape index (κ3) is 5.46. The molecule has 2 aromatic rings. The van der Waals surface area contributed by atoms with E-state index in [0.717, 1.165) is 43.2 Å². The zero-order chi connectivity index (χ0) is 17.5. The highest BCUT2D eigenvalue weighted by molar-refractivity contribution is 5.73. The second-order valence-electron chi connectivity index (χ2n) is 7.01. The molecule has 0 spiro atoms. The van der Waals surface area contributed by atoms with Gasteiger partial charge in [-0.25, -0.2) is 9.78 Å². The Kier molecular flexibility index (Phi) is 6.28. The Labute approximate surface area is 149 Å². The molecule has 1 aliphatic rings. The first-order valence-corrected chi connectivity index (χ1v) is 9.37. The van der Waals surface area contributed by atoms with Gasteiger partial charge in [0.2, 0.25) is 0 Å². The SMILES string of the molecule is CC1CCN(CCCNC(=O)NCCc2cn3ccccc3n2)CC1. The first-order valence-electron chi connectivity index (χ1n) is 9.37. The van der Waals surface area contributed by atoms with E-state index in [1.165, 1.54) is 25.9 Å². The second kappa shape index (κ2) is 8.85. The molecule has 25 heavy (non-hydrogen) atoms. The average Bonchev–Trinajstić information content (AvgIpc) is 3.03. The van der Waals surface area contributed by atoms with Gasteiger partial charge >= 0.3 is 6.03 Å². The van der Waals surface area contributed by atoms with Crippen molar-refractivity contribution in [3.05, 3.63) is 36.3 Å². The van der Waals surface area contributed by atoms with E-state index in [1.54, 1.807) is 0 Å². The fourth-order valence-electron chi connectivity index (χ4n) is 3.26. The fourth-order valence-corrected chi connectivity index (χ4v) is 3.26. The molecule has 0 atom stereocenters. The van der Waals surface area contributed by atoms with Crippen molar-refractivity contribution in [3.63, 3.8) is 0 Å². The van der Waals surface area contributed by atoms with Crippen molar-refractivity contribution < 1.29 is 4.79 Å². The number of nitrogens with zero attached hydrogens (tertiary/aromatic N) is 3. The van der Waals surface area contributed by atoms with Crippen molar-refractivity contribution in [2.24, 2.45) is 5.92 Å². The number of urea groups is 1. The molecule has 3 rings (SSSR count). The van der Waals surface area contributed by atoms with E-state index < -0.39 is 0 Å². The Balaban J connectivity index is 1.27. The minimum Gasteiger partial charge on any atom is -0.338 e. The molecule has 1 saturated heterocycles. The van der Waals surface area contributed by atoms with E-state index in [0.29, 0.717) is 6.54 Å². The predicted molar refractivity (Wildman–Crippen MR) is 99.8 cm³/mol. The standard InChI is InChI=1S/C19H29N5O/c1-16-7-13-23(14-8-16)11-4-9-20-19(25)21-10-6-17-15-24-12-3-2-5-18(24)22-17/h2-3,5,12,15-16H,4,6-11,13-14H2,1H3,(H2,20,21,25). The first kappa shape index (κ1) is 17.7. The molecule has 0 bridgehead atoms. The van der Waals surface area contributed by atoms with Gasteiger partial charge in [0, 0.05) is 31.9 Å². The van der Waals surface area contributed by atoms with Crippen LogP contribution in [0, 0.1) is 5.92 Å². The van der Waals surface area contributed by atoms with E-state index in [1.807, 2.05) is 35.0 Å². The van der Waals surface area contributed by atoms with Crippen molar-refractivity contribution in [3.8, 4) is 0 Å². The Hall–Kier alpha value is -2.08. The van der Waals surface area contributed by atoms with Crippen LogP contribution in [0.5, 0.6) is 0 Å². The summed E-state index contributed by atoms with van der Waals surface area (Å²) in [7, 11) is 0. The summed E-state index contributed by atoms with van der Waals surface area (Å²) in [5, 5.41) is 5.85. The predicted octanol–water partition coefficient (Wildman–Crippen LogP) is 2.30. The van der Waals surface area contributed by atoms with Gasteiger partial charge in [-0.05, 0) is 56.9 Å². The van der Waals surface area contributed by atoms with Crippen molar-refractivity contribution in [2.75, 3.05) is 32.7 Å². The molecule has 6 heteroatoms. The van der Waals surface area contributed by atoms with E-state index in [-0.39, 0.29) is 6.03 Å². The summed E-state index contributed by atoms with van der Waals surface area (Å²) < 4.78 is 2.00. The van der Waals surface area contributed by atoms with Crippen LogP contribution in [0.4, 0.5) is 4.79 Å². The van der Waals surface area contributed by atoms with Gasteiger partial charge in [-0.15, -0.1) is 0 Å². The molecule has 2 amide bonds. The lowest BCUT2D eigenvalue weighted by Crippen LogP contribution is -2.39. The fraction of sp³-hybridized carbons (Fsp3) is 0.579. The molecule has 1 aliphatic heterocycles. The molecule has 6 nitrogen and oxygen atoms in total. The van der Waals surface area contributed by atoms with Crippen LogP contribution in [0.3, 0.4) is 0 Å². The molecule has 0 unspecified atom stereocenters. The van der Waals surface area contributed by atoms with Crippen LogP contribution in [0.25, 0.3) is 5.65 Å². The zero-order valence-electron chi connectivity index (χ0n) is 15.1. The van der Waals surface area contributed by atoms with Gasteiger partial charge < -0.3 is 19.9 Å². The third-order valence-corrected chi connectivity index (χ3v) is 4.89. The number of aromatic nitrogens is 2. The number of nitrogens with one attached hydrogen (secondary N) is 2. The quantitative estimate of drug-likeness (QED) is 0.758. The van der Waals surface area contributed by atoms with Crippen LogP contribution < -0.4 is 10.6 Å². The van der Waals surface area contributed by atoms with Gasteiger partial charge in [0.1, 0.15) is 5.65 Å². The monoisotopic (exact) mass is 343 g/mol. The highest BCUT2D eigenvalue weighted by atomic mass is 16.2. The Morgan fingerprint density at radius 3 is 2.84 bits per heavy atom. The molecule has 2 aromatic heterocycles. The van der Waals surface area contributed by atoms with Crippen LogP contribution in [0.2, 0.25) is 0 Å². The van der Waals surface area contributed by atoms with Gasteiger partial charge in [0.05, 0.1) is 5.69 Å². The van der Waals surface area contributed by atoms with Gasteiger partial charge in [-0.2, -0.15) is 0 Å². The maximum absolute atomic E-state index is 11.8. The minimum atomic E-state index is -0.0870. The lowest BCUT2D eigenvalue weighted by molar-refractivity contribution is 0.190. The van der Waals surface area contributed by atoms with Crippen LogP contribution in [-0.4, -0.2) is 53.0 Å². The molecule has 0 saturated carbocycles. The van der Waals surface area contributed by atoms with Crippen molar-refractivity contribution in [1.82, 2.24) is 24.9 Å². The summed E-state index contributed by atoms with van der Waals surface area (Å²) in [5.74, 6) is 0.869. The topological polar surface area (TPSA) is 61.7 Å². The summed E-state index contributed by atoms with van der Waals surface area (Å²) >= 11 is 0. The van der Waals surface area contributed by atoms with Gasteiger partial charge in [-0.3, -0.25) is 0 Å². The lowest BCUT2D eigenvalue weighted by atomic mass is 9.99. The number of carbonyl (C=O) groups excluding carboxylic acids is 1. The van der Waals surface area contributed by atoms with Crippen molar-refractivity contribution in [2.45, 2.75) is 32.6 Å². The van der Waals surface area contributed by atoms with E-state index >= 15 is 0 Å². The van der Waals surface area contributed by atoms with Gasteiger partial charge in [0.25, 0.3) is 0 Å². The highest BCUT2D eigenvalue weighted by Gasteiger charge is 2.14. The number of rotatable bonds is 7. The van der Waals surface area contributed by atoms with Gasteiger partial charge in [0.15, 0.2) is 0 Å². The van der Waals surface area contributed by atoms with E-state index in [4.69, 9.17) is 0 Å². The molecule has 2 N–H and O–H groups in total. The molecule has 0 radical (unpaired) electrons. The Morgan fingerprint density at radius 1 is 1.24 bits per heavy atom. The summed E-state index contributed by atoms with van der Waals surface area (Å²) in [6, 6.07) is 5.85. The summed E-state index contributed by atoms with van der Waals surface area (Å²) in [5.41, 5.74) is 1.93. The maximum atomic E-state index is 11.8. The van der Waals surface area contributed by atoms with Crippen LogP contribution in [-0.2, 0) is 6.42 Å².